The number of likely N-dealkylation sites (tertiary alicyclic amines) is 2. The first-order valence-corrected chi connectivity index (χ1v) is 18.4. The van der Waals surface area contributed by atoms with Gasteiger partial charge in [-0.3, -0.25) is 14.4 Å². The van der Waals surface area contributed by atoms with Crippen molar-refractivity contribution in [2.75, 3.05) is 0 Å². The molecular weight excluding hydrogens is 670 g/mol. The van der Waals surface area contributed by atoms with Crippen molar-refractivity contribution in [1.82, 2.24) is 15.1 Å². The Hall–Kier alpha value is -4.16. The van der Waals surface area contributed by atoms with Crippen molar-refractivity contribution in [1.29, 1.82) is 0 Å². The van der Waals surface area contributed by atoms with E-state index in [0.29, 0.717) is 23.7 Å². The summed E-state index contributed by atoms with van der Waals surface area (Å²) in [6.07, 6.45) is 13.8. The number of carboxylic acid groups (broad SMARTS) is 1. The molecule has 2 saturated heterocycles. The van der Waals surface area contributed by atoms with Crippen LogP contribution in [0.15, 0.2) is 36.5 Å². The van der Waals surface area contributed by atoms with E-state index >= 15 is 0 Å². The van der Waals surface area contributed by atoms with Crippen LogP contribution >= 0.6 is 0 Å². The van der Waals surface area contributed by atoms with E-state index in [0.717, 1.165) is 19.3 Å². The molecule has 0 aromatic rings. The van der Waals surface area contributed by atoms with Gasteiger partial charge < -0.3 is 24.6 Å². The third-order valence-electron chi connectivity index (χ3n) is 11.1. The Balaban J connectivity index is 0.000000134. The number of fused-ring (bicyclic) bond motifs is 12. The first-order chi connectivity index (χ1) is 24.0. The van der Waals surface area contributed by atoms with E-state index in [1.807, 2.05) is 53.7 Å². The van der Waals surface area contributed by atoms with Crippen LogP contribution in [-0.2, 0) is 28.6 Å². The van der Waals surface area contributed by atoms with Crippen molar-refractivity contribution in [3.8, 4) is 0 Å². The second-order valence-electron chi connectivity index (χ2n) is 18.3. The molecule has 12 atom stereocenters. The summed E-state index contributed by atoms with van der Waals surface area (Å²) in [5.41, 5.74) is -1.66. The second-order valence-corrected chi connectivity index (χ2v) is 18.3. The molecular formula is C39H53N3O10. The Bertz CT molecular complexity index is 1530. The fourth-order valence-corrected chi connectivity index (χ4v) is 9.25. The standard InChI is InChI=1S/C13H19NO4.2C13H17NO3/c1-13(2,3)18-12(17)14-10-8-5-4-7(6-8)9(10)11(15)16;2*1-13(2,3)17-12(16)14-10-8-5-4-7(6-8)9(10)11(14)15/h4-5,7-10H,6H2,1-3H3,(H,14,17)(H,15,16);2*4-5,7-10H,6H2,1-3H3/t7-,8+,9+,10-;7-,8+,9+,10?;7-,8+,9-,10+/m011/s1. The van der Waals surface area contributed by atoms with Crippen LogP contribution in [0.4, 0.5) is 14.4 Å². The maximum atomic E-state index is 12.0. The zero-order valence-electron chi connectivity index (χ0n) is 31.5. The van der Waals surface area contributed by atoms with E-state index in [4.69, 9.17) is 14.2 Å². The molecule has 0 radical (unpaired) electrons. The molecule has 3 saturated carbocycles. The average Bonchev–Trinajstić information content (AvgIpc) is 3.82. The van der Waals surface area contributed by atoms with Gasteiger partial charge in [-0.1, -0.05) is 36.5 Å². The van der Waals surface area contributed by atoms with E-state index in [2.05, 4.69) is 29.6 Å². The van der Waals surface area contributed by atoms with Gasteiger partial charge in [0.1, 0.15) is 16.8 Å². The number of alkyl carbamates (subject to hydrolysis) is 1. The minimum atomic E-state index is -0.854. The maximum Gasteiger partial charge on any atom is 0.417 e. The summed E-state index contributed by atoms with van der Waals surface area (Å²) in [6, 6.07) is -0.230. The first-order valence-electron chi connectivity index (χ1n) is 18.4. The number of carbonyl (C=O) groups is 6. The summed E-state index contributed by atoms with van der Waals surface area (Å²) >= 11 is 0. The third-order valence-corrected chi connectivity index (χ3v) is 11.1. The van der Waals surface area contributed by atoms with Crippen LogP contribution in [0.25, 0.3) is 0 Å². The van der Waals surface area contributed by atoms with Gasteiger partial charge in [0.25, 0.3) is 0 Å². The van der Waals surface area contributed by atoms with Crippen LogP contribution in [0.1, 0.15) is 81.6 Å². The Kier molecular flexibility index (Phi) is 9.44. The minimum Gasteiger partial charge on any atom is -0.481 e. The van der Waals surface area contributed by atoms with Gasteiger partial charge in [-0.05, 0) is 117 Å². The molecule has 8 aliphatic rings. The van der Waals surface area contributed by atoms with Crippen LogP contribution in [0.5, 0.6) is 0 Å². The quantitative estimate of drug-likeness (QED) is 0.205. The van der Waals surface area contributed by atoms with Gasteiger partial charge in [0, 0.05) is 0 Å². The Morgan fingerprint density at radius 3 is 1.37 bits per heavy atom. The van der Waals surface area contributed by atoms with Gasteiger partial charge in [-0.25, -0.2) is 24.2 Å². The lowest BCUT2D eigenvalue weighted by atomic mass is 9.80. The van der Waals surface area contributed by atoms with Crippen molar-refractivity contribution in [3.63, 3.8) is 0 Å². The van der Waals surface area contributed by atoms with Crippen LogP contribution in [0.3, 0.4) is 0 Å². The highest BCUT2D eigenvalue weighted by atomic mass is 16.6. The number of hydrogen-bond donors (Lipinski definition) is 2. The van der Waals surface area contributed by atoms with Crippen molar-refractivity contribution in [2.24, 2.45) is 53.3 Å². The summed E-state index contributed by atoms with van der Waals surface area (Å²) in [6.45, 7) is 16.2. The molecule has 0 aromatic heterocycles. The molecule has 8 rings (SSSR count). The highest BCUT2D eigenvalue weighted by Gasteiger charge is 2.64. The van der Waals surface area contributed by atoms with Crippen molar-refractivity contribution in [2.45, 2.75) is 117 Å². The number of nitrogens with zero attached hydrogens (tertiary/aromatic N) is 2. The number of rotatable bonds is 2. The fraction of sp³-hybridized carbons (Fsp3) is 0.692. The number of carbonyl (C=O) groups excluding carboxylic acids is 5. The number of ether oxygens (including phenoxy) is 3. The zero-order valence-corrected chi connectivity index (χ0v) is 31.5. The molecule has 0 spiro atoms. The molecule has 2 heterocycles. The normalized spacial score (nSPS) is 36.5. The zero-order chi connectivity index (χ0) is 38.2. The van der Waals surface area contributed by atoms with Gasteiger partial charge in [0.2, 0.25) is 11.8 Å². The smallest absolute Gasteiger partial charge is 0.417 e. The summed E-state index contributed by atoms with van der Waals surface area (Å²) < 4.78 is 15.7. The number of imide groups is 2. The van der Waals surface area contributed by atoms with Crippen molar-refractivity contribution >= 4 is 36.1 Å². The Labute approximate surface area is 305 Å². The summed E-state index contributed by atoms with van der Waals surface area (Å²) in [7, 11) is 0. The molecule has 13 heteroatoms. The molecule has 1 unspecified atom stereocenters. The topological polar surface area (TPSA) is 169 Å². The maximum absolute atomic E-state index is 12.0. The van der Waals surface area contributed by atoms with Crippen LogP contribution in [0, 0.1) is 53.3 Å². The predicted molar refractivity (Wildman–Crippen MR) is 187 cm³/mol. The van der Waals surface area contributed by atoms with Gasteiger partial charge in [0.15, 0.2) is 0 Å². The van der Waals surface area contributed by atoms with Crippen molar-refractivity contribution in [3.05, 3.63) is 36.5 Å². The van der Waals surface area contributed by atoms with Crippen LogP contribution in [-0.4, -0.2) is 85.9 Å². The Morgan fingerprint density at radius 2 is 0.962 bits per heavy atom. The number of allylic oxidation sites excluding steroid dienone is 3. The highest BCUT2D eigenvalue weighted by Crippen LogP contribution is 2.54. The van der Waals surface area contributed by atoms with Crippen LogP contribution < -0.4 is 5.32 Å². The number of amides is 5. The van der Waals surface area contributed by atoms with E-state index in [9.17, 15) is 33.9 Å². The number of nitrogens with one attached hydrogen (secondary N) is 1. The van der Waals surface area contributed by atoms with E-state index in [-0.39, 0.29) is 53.6 Å². The van der Waals surface area contributed by atoms with Crippen LogP contribution in [0.2, 0.25) is 0 Å². The predicted octanol–water partition coefficient (Wildman–Crippen LogP) is 5.70. The first kappa shape index (κ1) is 37.6. The lowest BCUT2D eigenvalue weighted by Crippen LogP contribution is -2.65. The molecule has 5 amide bonds. The second kappa shape index (κ2) is 13.1. The van der Waals surface area contributed by atoms with Gasteiger partial charge in [-0.15, -0.1) is 0 Å². The molecule has 2 aliphatic heterocycles. The van der Waals surface area contributed by atoms with E-state index in [1.54, 1.807) is 20.8 Å². The number of β-lactam (4-membered cyclic amide) rings is 2. The summed E-state index contributed by atoms with van der Waals surface area (Å²) in [5, 5.41) is 11.9. The molecule has 0 aromatic carbocycles. The van der Waals surface area contributed by atoms with E-state index < -0.39 is 47.0 Å². The molecule has 13 nitrogen and oxygen atoms in total. The number of aliphatic carboxylic acids is 1. The number of carboxylic acids is 1. The average molecular weight is 724 g/mol. The lowest BCUT2D eigenvalue weighted by Gasteiger charge is -2.46. The molecule has 284 valence electrons. The monoisotopic (exact) mass is 723 g/mol. The molecule has 52 heavy (non-hydrogen) atoms. The van der Waals surface area contributed by atoms with Gasteiger partial charge >= 0.3 is 24.2 Å². The minimum absolute atomic E-state index is 0.0347. The third kappa shape index (κ3) is 7.11. The molecule has 6 aliphatic carbocycles. The number of hydrogen-bond acceptors (Lipinski definition) is 9. The SMILES string of the molecule is CC(C)(C)OC(=O)N1C(=O)[C@@H]2C1[C@H]1C=C[C@@H]2C1.CC(C)(C)OC(=O)N1C(=O)[C@H]2[C@@H]1[C@H]1C=C[C@@H]2C1.CC(C)(C)OC(=O)N[C@@H]1[C@H](C(=O)O)[C@H]2C=C[C@@H]1C2. The molecule has 5 fully saturated rings. The Morgan fingerprint density at radius 1 is 0.596 bits per heavy atom. The highest BCUT2D eigenvalue weighted by molar-refractivity contribution is 6.01. The van der Waals surface area contributed by atoms with Crippen molar-refractivity contribution < 1.29 is 48.1 Å². The fourth-order valence-electron chi connectivity index (χ4n) is 9.25. The summed E-state index contributed by atoms with van der Waals surface area (Å²) in [5.74, 6) is 0.159. The lowest BCUT2D eigenvalue weighted by molar-refractivity contribution is -0.155. The summed E-state index contributed by atoms with van der Waals surface area (Å²) in [4.78, 5) is 73.4. The van der Waals surface area contributed by atoms with Gasteiger partial charge in [-0.2, -0.15) is 0 Å². The molecule has 2 N–H and O–H groups in total. The largest absolute Gasteiger partial charge is 0.481 e. The molecule has 6 bridgehead atoms. The van der Waals surface area contributed by atoms with Gasteiger partial charge in [0.05, 0.1) is 35.9 Å². The van der Waals surface area contributed by atoms with E-state index in [1.165, 1.54) is 9.80 Å².